The molecule has 0 saturated heterocycles. The lowest BCUT2D eigenvalue weighted by Gasteiger charge is -2.17. The Balaban J connectivity index is 1.54. The Hall–Kier alpha value is -2.14. The molecule has 1 heterocycles. The molecule has 2 aromatic rings. The van der Waals surface area contributed by atoms with Crippen molar-refractivity contribution in [1.29, 1.82) is 0 Å². The molecule has 5 heteroatoms. The van der Waals surface area contributed by atoms with Gasteiger partial charge in [0.05, 0.1) is 18.3 Å². The summed E-state index contributed by atoms with van der Waals surface area (Å²) in [4.78, 5) is 12.1. The molecule has 0 saturated carbocycles. The van der Waals surface area contributed by atoms with E-state index in [1.165, 1.54) is 5.56 Å². The lowest BCUT2D eigenvalue weighted by Crippen LogP contribution is -2.40. The summed E-state index contributed by atoms with van der Waals surface area (Å²) in [5.74, 6) is 0.0482. The van der Waals surface area contributed by atoms with E-state index in [0.29, 0.717) is 12.8 Å². The second-order valence-corrected chi connectivity index (χ2v) is 5.62. The Morgan fingerprint density at radius 2 is 2.29 bits per heavy atom. The predicted octanol–water partition coefficient (Wildman–Crippen LogP) is 1.09. The van der Waals surface area contributed by atoms with Crippen molar-refractivity contribution in [2.24, 2.45) is 12.8 Å². The zero-order chi connectivity index (χ0) is 14.8. The topological polar surface area (TPSA) is 72.9 Å². The van der Waals surface area contributed by atoms with Gasteiger partial charge in [-0.3, -0.25) is 9.48 Å². The number of nitrogens with two attached hydrogens (primary N) is 1. The first kappa shape index (κ1) is 13.8. The Bertz CT molecular complexity index is 649. The Labute approximate surface area is 124 Å². The number of nitrogens with zero attached hydrogens (tertiary/aromatic N) is 2. The van der Waals surface area contributed by atoms with Gasteiger partial charge in [-0.1, -0.05) is 24.3 Å². The fraction of sp³-hybridized carbons (Fsp3) is 0.375. The summed E-state index contributed by atoms with van der Waals surface area (Å²) < 4.78 is 1.75. The molecule has 1 aliphatic rings. The van der Waals surface area contributed by atoms with Crippen LogP contribution in [0.3, 0.4) is 0 Å². The highest BCUT2D eigenvalue weighted by Gasteiger charge is 2.30. The second kappa shape index (κ2) is 5.69. The van der Waals surface area contributed by atoms with E-state index in [0.717, 1.165) is 17.5 Å². The van der Waals surface area contributed by atoms with Crippen LogP contribution in [0.4, 0.5) is 0 Å². The molecule has 110 valence electrons. The van der Waals surface area contributed by atoms with Gasteiger partial charge < -0.3 is 11.1 Å². The average Bonchev–Trinajstić information content (AvgIpc) is 3.02. The summed E-state index contributed by atoms with van der Waals surface area (Å²) in [6.07, 6.45) is 5.71. The minimum Gasteiger partial charge on any atom is -0.351 e. The molecule has 0 bridgehead atoms. The Morgan fingerprint density at radius 1 is 1.48 bits per heavy atom. The van der Waals surface area contributed by atoms with E-state index < -0.39 is 0 Å². The number of carbonyl (C=O) groups is 1. The molecular weight excluding hydrogens is 264 g/mol. The van der Waals surface area contributed by atoms with Gasteiger partial charge in [-0.25, -0.2) is 0 Å². The second-order valence-electron chi connectivity index (χ2n) is 5.62. The van der Waals surface area contributed by atoms with Crippen LogP contribution in [-0.2, 0) is 24.7 Å². The quantitative estimate of drug-likeness (QED) is 0.883. The molecule has 0 radical (unpaired) electrons. The monoisotopic (exact) mass is 284 g/mol. The number of amides is 1. The number of hydrogen-bond donors (Lipinski definition) is 2. The highest BCUT2D eigenvalue weighted by Crippen LogP contribution is 2.29. The van der Waals surface area contributed by atoms with E-state index in [1.807, 2.05) is 31.4 Å². The van der Waals surface area contributed by atoms with Gasteiger partial charge in [0, 0.05) is 19.7 Å². The fourth-order valence-corrected chi connectivity index (χ4v) is 2.90. The van der Waals surface area contributed by atoms with E-state index in [2.05, 4.69) is 16.5 Å². The maximum atomic E-state index is 12.1. The molecule has 1 amide bonds. The number of fused-ring (bicyclic) bond motifs is 1. The van der Waals surface area contributed by atoms with Crippen LogP contribution in [0.25, 0.3) is 0 Å². The van der Waals surface area contributed by atoms with Crippen molar-refractivity contribution < 1.29 is 4.79 Å². The maximum Gasteiger partial charge on any atom is 0.220 e. The van der Waals surface area contributed by atoms with Gasteiger partial charge in [-0.2, -0.15) is 5.10 Å². The molecule has 1 aromatic carbocycles. The smallest absolute Gasteiger partial charge is 0.220 e. The Morgan fingerprint density at radius 3 is 3.00 bits per heavy atom. The number of nitrogens with one attached hydrogen (secondary N) is 1. The normalized spacial score (nSPS) is 20.3. The van der Waals surface area contributed by atoms with Crippen LogP contribution in [-0.4, -0.2) is 21.7 Å². The number of hydrogen-bond acceptors (Lipinski definition) is 3. The van der Waals surface area contributed by atoms with Gasteiger partial charge in [-0.05, 0) is 29.5 Å². The van der Waals surface area contributed by atoms with Crippen LogP contribution >= 0.6 is 0 Å². The average molecular weight is 284 g/mol. The molecule has 21 heavy (non-hydrogen) atoms. The van der Waals surface area contributed by atoms with Gasteiger partial charge in [0.15, 0.2) is 0 Å². The third-order valence-corrected chi connectivity index (χ3v) is 4.03. The highest BCUT2D eigenvalue weighted by molar-refractivity contribution is 5.76. The van der Waals surface area contributed by atoms with Crippen molar-refractivity contribution in [3.8, 4) is 0 Å². The highest BCUT2D eigenvalue weighted by atomic mass is 16.1. The van der Waals surface area contributed by atoms with Crippen molar-refractivity contribution in [1.82, 2.24) is 15.1 Å². The molecular formula is C16H20N4O. The molecule has 5 nitrogen and oxygen atoms in total. The number of benzene rings is 1. The summed E-state index contributed by atoms with van der Waals surface area (Å²) in [6, 6.07) is 8.02. The van der Waals surface area contributed by atoms with Crippen molar-refractivity contribution in [3.05, 3.63) is 53.3 Å². The zero-order valence-corrected chi connectivity index (χ0v) is 12.1. The summed E-state index contributed by atoms with van der Waals surface area (Å²) >= 11 is 0. The van der Waals surface area contributed by atoms with Crippen molar-refractivity contribution in [2.75, 3.05) is 0 Å². The van der Waals surface area contributed by atoms with Crippen molar-refractivity contribution in [2.45, 2.75) is 31.3 Å². The van der Waals surface area contributed by atoms with Crippen LogP contribution in [0, 0.1) is 0 Å². The first-order valence-electron chi connectivity index (χ1n) is 7.24. The zero-order valence-electron chi connectivity index (χ0n) is 12.1. The number of carbonyl (C=O) groups excluding carboxylic acids is 1. The number of rotatable bonds is 4. The molecule has 0 unspecified atom stereocenters. The molecule has 0 spiro atoms. The van der Waals surface area contributed by atoms with Crippen LogP contribution < -0.4 is 11.1 Å². The van der Waals surface area contributed by atoms with Gasteiger partial charge in [-0.15, -0.1) is 0 Å². The van der Waals surface area contributed by atoms with E-state index >= 15 is 0 Å². The first-order valence-corrected chi connectivity index (χ1v) is 7.24. The summed E-state index contributed by atoms with van der Waals surface area (Å²) in [5.41, 5.74) is 9.68. The Kier molecular flexibility index (Phi) is 3.75. The third-order valence-electron chi connectivity index (χ3n) is 4.03. The lowest BCUT2D eigenvalue weighted by atomic mass is 10.1. The molecule has 1 aromatic heterocycles. The fourth-order valence-electron chi connectivity index (χ4n) is 2.90. The third kappa shape index (κ3) is 2.97. The molecule has 3 N–H and O–H groups in total. The van der Waals surface area contributed by atoms with E-state index in [9.17, 15) is 4.79 Å². The summed E-state index contributed by atoms with van der Waals surface area (Å²) in [5, 5.41) is 7.16. The van der Waals surface area contributed by atoms with Crippen molar-refractivity contribution in [3.63, 3.8) is 0 Å². The van der Waals surface area contributed by atoms with Crippen LogP contribution in [0.2, 0.25) is 0 Å². The van der Waals surface area contributed by atoms with Gasteiger partial charge >= 0.3 is 0 Å². The molecule has 3 rings (SSSR count). The van der Waals surface area contributed by atoms with Crippen LogP contribution in [0.5, 0.6) is 0 Å². The largest absolute Gasteiger partial charge is 0.351 e. The number of aromatic nitrogens is 2. The molecule has 2 atom stereocenters. The number of aryl methyl sites for hydroxylation is 2. The van der Waals surface area contributed by atoms with Crippen LogP contribution in [0.15, 0.2) is 36.7 Å². The van der Waals surface area contributed by atoms with E-state index in [-0.39, 0.29) is 18.0 Å². The van der Waals surface area contributed by atoms with Crippen molar-refractivity contribution >= 4 is 5.91 Å². The standard InChI is InChI=1S/C16H20N4O/c1-20-10-11(9-18-20)6-7-15(21)19-14-8-12-4-2-3-5-13(12)16(14)17/h2-5,9-10,14,16H,6-8,17H2,1H3,(H,19,21)/t14-,16-/m0/s1. The maximum absolute atomic E-state index is 12.1. The molecule has 0 aliphatic heterocycles. The van der Waals surface area contributed by atoms with E-state index in [4.69, 9.17) is 5.73 Å². The first-order chi connectivity index (χ1) is 10.1. The lowest BCUT2D eigenvalue weighted by molar-refractivity contribution is -0.121. The van der Waals surface area contributed by atoms with Crippen LogP contribution in [0.1, 0.15) is 29.2 Å². The predicted molar refractivity (Wildman–Crippen MR) is 80.5 cm³/mol. The SMILES string of the molecule is Cn1cc(CCC(=O)N[C@H]2Cc3ccccc3[C@@H]2N)cn1. The molecule has 1 aliphatic carbocycles. The summed E-state index contributed by atoms with van der Waals surface area (Å²) in [6.45, 7) is 0. The minimum atomic E-state index is -0.108. The van der Waals surface area contributed by atoms with E-state index in [1.54, 1.807) is 10.9 Å². The van der Waals surface area contributed by atoms with Gasteiger partial charge in [0.2, 0.25) is 5.91 Å². The van der Waals surface area contributed by atoms with Gasteiger partial charge in [0.25, 0.3) is 0 Å². The van der Waals surface area contributed by atoms with Gasteiger partial charge in [0.1, 0.15) is 0 Å². The minimum absolute atomic E-state index is 0.00352. The molecule has 0 fully saturated rings. The summed E-state index contributed by atoms with van der Waals surface area (Å²) in [7, 11) is 1.87.